The molecule has 0 rings (SSSR count). The minimum atomic E-state index is -0.825. The number of esters is 3. The number of allylic oxidation sites excluding steroid dienone is 22. The van der Waals surface area contributed by atoms with Crippen LogP contribution in [-0.2, 0) is 28.6 Å². The minimum absolute atomic E-state index is 0.118. The second-order valence-electron chi connectivity index (χ2n) is 17.7. The standard InChI is InChI=1S/C63H100O6/c1-4-7-10-13-16-19-22-25-27-29-31-33-35-38-41-44-47-50-53-56-62(65)68-59-60(58-67-61(64)55-52-49-46-43-40-37-24-21-18-15-12-9-6-3)69-63(66)57-54-51-48-45-42-39-36-34-32-30-28-26-23-20-17-14-11-8-5-2/h7,9-10,12,16-21,25-28,31-34,37,40,46,49,60H,4-6,8,11,13-15,22-24,29-30,35-36,38-39,41-45,47-48,50-59H2,1-3H3/b10-7-,12-9-,19-16-,20-17-,21-18-,27-25-,28-26-,33-31-,34-32-,40-37-,49-46-. The van der Waals surface area contributed by atoms with Gasteiger partial charge in [-0.05, 0) is 122 Å². The lowest BCUT2D eigenvalue weighted by Gasteiger charge is -2.18. The Labute approximate surface area is 424 Å². The summed E-state index contributed by atoms with van der Waals surface area (Å²) in [6, 6.07) is 0. The fourth-order valence-electron chi connectivity index (χ4n) is 7.04. The van der Waals surface area contributed by atoms with Crippen LogP contribution in [0.3, 0.4) is 0 Å². The number of ether oxygens (including phenoxy) is 3. The van der Waals surface area contributed by atoms with Gasteiger partial charge in [-0.2, -0.15) is 0 Å². The first kappa shape index (κ1) is 64.5. The van der Waals surface area contributed by atoms with Crippen LogP contribution in [0.4, 0.5) is 0 Å². The molecule has 0 N–H and O–H groups in total. The summed E-state index contributed by atoms with van der Waals surface area (Å²) in [5, 5.41) is 0. The van der Waals surface area contributed by atoms with E-state index in [0.717, 1.165) is 128 Å². The normalized spacial score (nSPS) is 13.1. The van der Waals surface area contributed by atoms with Gasteiger partial charge in [0.1, 0.15) is 13.2 Å². The molecule has 1 atom stereocenters. The molecule has 388 valence electrons. The predicted octanol–water partition coefficient (Wildman–Crippen LogP) is 18.6. The summed E-state index contributed by atoms with van der Waals surface area (Å²) in [5.41, 5.74) is 0. The van der Waals surface area contributed by atoms with Crippen LogP contribution in [-0.4, -0.2) is 37.2 Å². The zero-order valence-electron chi connectivity index (χ0n) is 44.3. The number of hydrogen-bond acceptors (Lipinski definition) is 6. The average molecular weight is 953 g/mol. The van der Waals surface area contributed by atoms with Gasteiger partial charge >= 0.3 is 17.9 Å². The van der Waals surface area contributed by atoms with Gasteiger partial charge in [-0.3, -0.25) is 14.4 Å². The van der Waals surface area contributed by atoms with E-state index in [1.54, 1.807) is 0 Å². The Morgan fingerprint density at radius 3 is 0.971 bits per heavy atom. The molecule has 0 saturated heterocycles. The Balaban J connectivity index is 4.52. The Kier molecular flexibility index (Phi) is 52.5. The third-order valence-electron chi connectivity index (χ3n) is 11.1. The van der Waals surface area contributed by atoms with E-state index in [1.165, 1.54) is 51.4 Å². The van der Waals surface area contributed by atoms with Gasteiger partial charge in [0.25, 0.3) is 0 Å². The van der Waals surface area contributed by atoms with Crippen LogP contribution in [0.2, 0.25) is 0 Å². The zero-order chi connectivity index (χ0) is 50.0. The summed E-state index contributed by atoms with van der Waals surface area (Å²) in [6.45, 7) is 6.28. The molecule has 0 aliphatic carbocycles. The predicted molar refractivity (Wildman–Crippen MR) is 297 cm³/mol. The van der Waals surface area contributed by atoms with Crippen LogP contribution in [0.15, 0.2) is 134 Å². The summed E-state index contributed by atoms with van der Waals surface area (Å²) in [6.07, 6.45) is 78.8. The number of unbranched alkanes of at least 4 members (excludes halogenated alkanes) is 15. The Morgan fingerprint density at radius 2 is 0.594 bits per heavy atom. The van der Waals surface area contributed by atoms with Gasteiger partial charge in [0.15, 0.2) is 6.10 Å². The second-order valence-corrected chi connectivity index (χ2v) is 17.7. The van der Waals surface area contributed by atoms with Gasteiger partial charge in [0.2, 0.25) is 0 Å². The lowest BCUT2D eigenvalue weighted by molar-refractivity contribution is -0.166. The molecule has 6 heteroatoms. The monoisotopic (exact) mass is 953 g/mol. The second kappa shape index (κ2) is 56.1. The third kappa shape index (κ3) is 54.4. The molecule has 0 amide bonds. The highest BCUT2D eigenvalue weighted by atomic mass is 16.6. The fourth-order valence-corrected chi connectivity index (χ4v) is 7.04. The highest BCUT2D eigenvalue weighted by Crippen LogP contribution is 2.13. The summed E-state index contributed by atoms with van der Waals surface area (Å²) in [5.74, 6) is -1.03. The number of rotatable bonds is 48. The molecular formula is C63H100O6. The van der Waals surface area contributed by atoms with Crippen molar-refractivity contribution in [3.8, 4) is 0 Å². The van der Waals surface area contributed by atoms with Gasteiger partial charge < -0.3 is 14.2 Å². The van der Waals surface area contributed by atoms with E-state index in [-0.39, 0.29) is 37.5 Å². The highest BCUT2D eigenvalue weighted by molar-refractivity contribution is 5.71. The maximum absolute atomic E-state index is 12.8. The van der Waals surface area contributed by atoms with Crippen molar-refractivity contribution in [2.24, 2.45) is 0 Å². The van der Waals surface area contributed by atoms with Crippen molar-refractivity contribution in [2.75, 3.05) is 13.2 Å². The van der Waals surface area contributed by atoms with E-state index in [9.17, 15) is 14.4 Å². The first-order valence-corrected chi connectivity index (χ1v) is 27.7. The molecule has 0 fully saturated rings. The topological polar surface area (TPSA) is 78.9 Å². The lowest BCUT2D eigenvalue weighted by Crippen LogP contribution is -2.30. The zero-order valence-corrected chi connectivity index (χ0v) is 44.3. The lowest BCUT2D eigenvalue weighted by atomic mass is 10.1. The highest BCUT2D eigenvalue weighted by Gasteiger charge is 2.19. The van der Waals surface area contributed by atoms with Crippen LogP contribution in [0.25, 0.3) is 0 Å². The smallest absolute Gasteiger partial charge is 0.306 e. The van der Waals surface area contributed by atoms with Crippen molar-refractivity contribution >= 4 is 17.9 Å². The van der Waals surface area contributed by atoms with E-state index in [0.29, 0.717) is 19.3 Å². The third-order valence-corrected chi connectivity index (χ3v) is 11.1. The molecule has 0 heterocycles. The molecule has 0 aromatic heterocycles. The van der Waals surface area contributed by atoms with Crippen molar-refractivity contribution in [1.29, 1.82) is 0 Å². The Morgan fingerprint density at radius 1 is 0.304 bits per heavy atom. The Hall–Kier alpha value is -4.45. The van der Waals surface area contributed by atoms with Crippen molar-refractivity contribution in [2.45, 2.75) is 232 Å². The van der Waals surface area contributed by atoms with Crippen molar-refractivity contribution in [3.05, 3.63) is 134 Å². The van der Waals surface area contributed by atoms with Gasteiger partial charge in [0.05, 0.1) is 0 Å². The summed E-state index contributed by atoms with van der Waals surface area (Å²) < 4.78 is 16.7. The molecule has 1 unspecified atom stereocenters. The molecule has 0 aromatic rings. The number of carbonyl (C=O) groups excluding carboxylic acids is 3. The van der Waals surface area contributed by atoms with E-state index in [4.69, 9.17) is 14.2 Å². The maximum atomic E-state index is 12.8. The van der Waals surface area contributed by atoms with E-state index >= 15 is 0 Å². The van der Waals surface area contributed by atoms with Crippen molar-refractivity contribution in [1.82, 2.24) is 0 Å². The summed E-state index contributed by atoms with van der Waals surface area (Å²) >= 11 is 0. The molecular weight excluding hydrogens is 853 g/mol. The molecule has 0 saturated carbocycles. The fraction of sp³-hybridized carbons (Fsp3) is 0.603. The van der Waals surface area contributed by atoms with E-state index < -0.39 is 6.10 Å². The maximum Gasteiger partial charge on any atom is 0.306 e. The molecule has 0 aromatic carbocycles. The SMILES string of the molecule is CC/C=C\C/C=C\C/C=C\C/C=C\CCCCCCCCC(=O)OCC(COC(=O)CC/C=C\C/C=C\C/C=C\C/C=C\CC)OC(=O)CCCCCCCC/C=C\C/C=C\C/C=C\CCCCC. The largest absolute Gasteiger partial charge is 0.462 e. The van der Waals surface area contributed by atoms with Crippen LogP contribution in [0.5, 0.6) is 0 Å². The molecule has 0 radical (unpaired) electrons. The summed E-state index contributed by atoms with van der Waals surface area (Å²) in [7, 11) is 0. The number of carbonyl (C=O) groups is 3. The molecule has 0 aliphatic heterocycles. The van der Waals surface area contributed by atoms with Crippen molar-refractivity contribution < 1.29 is 28.6 Å². The van der Waals surface area contributed by atoms with Crippen LogP contribution >= 0.6 is 0 Å². The van der Waals surface area contributed by atoms with Crippen LogP contribution < -0.4 is 0 Å². The van der Waals surface area contributed by atoms with E-state index in [1.807, 2.05) is 12.2 Å². The molecule has 6 nitrogen and oxygen atoms in total. The van der Waals surface area contributed by atoms with Crippen LogP contribution in [0, 0.1) is 0 Å². The first-order chi connectivity index (χ1) is 34.0. The van der Waals surface area contributed by atoms with Gasteiger partial charge in [-0.15, -0.1) is 0 Å². The van der Waals surface area contributed by atoms with E-state index in [2.05, 4.69) is 142 Å². The number of hydrogen-bond donors (Lipinski definition) is 0. The average Bonchev–Trinajstić information content (AvgIpc) is 3.35. The quantitative estimate of drug-likeness (QED) is 0.0262. The minimum Gasteiger partial charge on any atom is -0.462 e. The molecule has 0 aliphatic rings. The van der Waals surface area contributed by atoms with Gasteiger partial charge in [-0.1, -0.05) is 219 Å². The Bertz CT molecular complexity index is 1510. The van der Waals surface area contributed by atoms with Crippen LogP contribution in [0.1, 0.15) is 226 Å². The van der Waals surface area contributed by atoms with Gasteiger partial charge in [0, 0.05) is 19.3 Å². The molecule has 0 spiro atoms. The first-order valence-electron chi connectivity index (χ1n) is 27.7. The molecule has 69 heavy (non-hydrogen) atoms. The van der Waals surface area contributed by atoms with Crippen molar-refractivity contribution in [3.63, 3.8) is 0 Å². The van der Waals surface area contributed by atoms with Gasteiger partial charge in [-0.25, -0.2) is 0 Å². The molecule has 0 bridgehead atoms. The summed E-state index contributed by atoms with van der Waals surface area (Å²) in [4.78, 5) is 38.1.